The zero-order chi connectivity index (χ0) is 22.0. The van der Waals surface area contributed by atoms with Crippen LogP contribution in [-0.2, 0) is 12.8 Å². The average molecular weight is 413 g/mol. The summed E-state index contributed by atoms with van der Waals surface area (Å²) >= 11 is 0. The Labute approximate surface area is 191 Å². The molecule has 0 radical (unpaired) electrons. The molecule has 0 saturated carbocycles. The summed E-state index contributed by atoms with van der Waals surface area (Å²) in [6, 6.07) is 17.8. The number of aryl methyl sites for hydroxylation is 2. The maximum absolute atomic E-state index is 3.11. The number of benzene rings is 2. The molecule has 0 aliphatic carbocycles. The predicted molar refractivity (Wildman–Crippen MR) is 139 cm³/mol. The molecule has 0 fully saturated rings. The molecular formula is C31H40. The molecule has 0 heteroatoms. The Morgan fingerprint density at radius 3 is 1.32 bits per heavy atom. The first-order chi connectivity index (χ1) is 15.3. The van der Waals surface area contributed by atoms with Gasteiger partial charge in [-0.2, -0.15) is 0 Å². The molecule has 2 aromatic rings. The summed E-state index contributed by atoms with van der Waals surface area (Å²) in [5.41, 5.74) is 5.29. The van der Waals surface area contributed by atoms with E-state index in [2.05, 4.69) is 86.4 Å². The third kappa shape index (κ3) is 11.4. The standard InChI is InChI=1S/C31H40/c1-3-5-7-9-13-17-29-24-26-31(27-25-29)19-15-11-10-14-18-30-22-20-28(21-23-30)16-12-8-6-4-2/h14-15,18-27H,3-9,12-13,16-17H2,1-2H3/b18-14+,19-15+. The molecule has 0 atom stereocenters. The fourth-order valence-corrected chi connectivity index (χ4v) is 3.65. The van der Waals surface area contributed by atoms with Crippen LogP contribution in [-0.4, -0.2) is 0 Å². The van der Waals surface area contributed by atoms with Gasteiger partial charge < -0.3 is 0 Å². The lowest BCUT2D eigenvalue weighted by atomic mass is 10.0. The highest BCUT2D eigenvalue weighted by Gasteiger charge is 1.95. The average Bonchev–Trinajstić information content (AvgIpc) is 2.80. The van der Waals surface area contributed by atoms with Crippen molar-refractivity contribution in [1.82, 2.24) is 0 Å². The van der Waals surface area contributed by atoms with Crippen molar-refractivity contribution in [3.05, 3.63) is 82.9 Å². The lowest BCUT2D eigenvalue weighted by Crippen LogP contribution is -1.86. The topological polar surface area (TPSA) is 0 Å². The third-order valence-corrected chi connectivity index (χ3v) is 5.65. The fraction of sp³-hybridized carbons (Fsp3) is 0.419. The largest absolute Gasteiger partial charge is 0.0702 e. The maximum Gasteiger partial charge on any atom is -0.0109 e. The molecule has 164 valence electrons. The molecule has 0 amide bonds. The monoisotopic (exact) mass is 412 g/mol. The number of rotatable bonds is 13. The van der Waals surface area contributed by atoms with Crippen LogP contribution in [0.2, 0.25) is 0 Å². The van der Waals surface area contributed by atoms with Gasteiger partial charge in [0.25, 0.3) is 0 Å². The van der Waals surface area contributed by atoms with E-state index < -0.39 is 0 Å². The van der Waals surface area contributed by atoms with Crippen molar-refractivity contribution in [3.8, 4) is 11.8 Å². The Hall–Kier alpha value is -2.52. The summed E-state index contributed by atoms with van der Waals surface area (Å²) < 4.78 is 0. The highest BCUT2D eigenvalue weighted by molar-refractivity contribution is 5.56. The molecule has 0 aliphatic heterocycles. The quantitative estimate of drug-likeness (QED) is 0.227. The molecule has 0 nitrogen and oxygen atoms in total. The summed E-state index contributed by atoms with van der Waals surface area (Å²) in [7, 11) is 0. The van der Waals surface area contributed by atoms with Crippen molar-refractivity contribution in [3.63, 3.8) is 0 Å². The van der Waals surface area contributed by atoms with E-state index in [1.807, 2.05) is 12.2 Å². The van der Waals surface area contributed by atoms with E-state index in [1.165, 1.54) is 92.9 Å². The molecule has 0 spiro atoms. The smallest absolute Gasteiger partial charge is 0.0109 e. The van der Waals surface area contributed by atoms with Crippen LogP contribution in [0.5, 0.6) is 0 Å². The van der Waals surface area contributed by atoms with E-state index in [1.54, 1.807) is 0 Å². The van der Waals surface area contributed by atoms with E-state index in [9.17, 15) is 0 Å². The molecule has 0 heterocycles. The zero-order valence-electron chi connectivity index (χ0n) is 19.7. The zero-order valence-corrected chi connectivity index (χ0v) is 19.7. The molecule has 0 unspecified atom stereocenters. The Morgan fingerprint density at radius 2 is 0.903 bits per heavy atom. The van der Waals surface area contributed by atoms with Crippen LogP contribution in [0.3, 0.4) is 0 Å². The van der Waals surface area contributed by atoms with Gasteiger partial charge in [0.2, 0.25) is 0 Å². The van der Waals surface area contributed by atoms with Crippen molar-refractivity contribution in [2.24, 2.45) is 0 Å². The second-order valence-corrected chi connectivity index (χ2v) is 8.41. The van der Waals surface area contributed by atoms with Crippen LogP contribution in [0.4, 0.5) is 0 Å². The number of allylic oxidation sites excluding steroid dienone is 2. The first-order valence-corrected chi connectivity index (χ1v) is 12.3. The maximum atomic E-state index is 3.11. The first-order valence-electron chi connectivity index (χ1n) is 12.3. The highest BCUT2D eigenvalue weighted by atomic mass is 14.0. The Morgan fingerprint density at radius 1 is 0.516 bits per heavy atom. The second kappa shape index (κ2) is 16.2. The van der Waals surface area contributed by atoms with Gasteiger partial charge >= 0.3 is 0 Å². The van der Waals surface area contributed by atoms with Crippen molar-refractivity contribution < 1.29 is 0 Å². The van der Waals surface area contributed by atoms with E-state index in [-0.39, 0.29) is 0 Å². The second-order valence-electron chi connectivity index (χ2n) is 8.41. The molecule has 2 aromatic carbocycles. The molecule has 0 saturated heterocycles. The van der Waals surface area contributed by atoms with Crippen molar-refractivity contribution in [2.75, 3.05) is 0 Å². The highest BCUT2D eigenvalue weighted by Crippen LogP contribution is 2.12. The molecule has 2 rings (SSSR count). The van der Waals surface area contributed by atoms with Gasteiger partial charge in [-0.1, -0.05) is 119 Å². The number of hydrogen-bond donors (Lipinski definition) is 0. The minimum Gasteiger partial charge on any atom is -0.0702 e. The molecule has 0 N–H and O–H groups in total. The van der Waals surface area contributed by atoms with Crippen molar-refractivity contribution in [2.45, 2.75) is 84.5 Å². The normalized spacial score (nSPS) is 11.2. The van der Waals surface area contributed by atoms with Gasteiger partial charge in [-0.3, -0.25) is 0 Å². The molecule has 0 bridgehead atoms. The van der Waals surface area contributed by atoms with Crippen molar-refractivity contribution >= 4 is 12.2 Å². The van der Waals surface area contributed by atoms with Crippen LogP contribution in [0.25, 0.3) is 12.2 Å². The lowest BCUT2D eigenvalue weighted by Gasteiger charge is -2.02. The van der Waals surface area contributed by atoms with E-state index in [4.69, 9.17) is 0 Å². The van der Waals surface area contributed by atoms with Gasteiger partial charge in [0.1, 0.15) is 0 Å². The van der Waals surface area contributed by atoms with E-state index in [0.717, 1.165) is 0 Å². The van der Waals surface area contributed by atoms with E-state index >= 15 is 0 Å². The third-order valence-electron chi connectivity index (χ3n) is 5.65. The number of hydrogen-bond acceptors (Lipinski definition) is 0. The summed E-state index contributed by atoms with van der Waals surface area (Å²) in [6.45, 7) is 4.52. The minimum atomic E-state index is 1.19. The van der Waals surface area contributed by atoms with Gasteiger partial charge in [0.05, 0.1) is 0 Å². The van der Waals surface area contributed by atoms with Crippen molar-refractivity contribution in [1.29, 1.82) is 0 Å². The summed E-state index contributed by atoms with van der Waals surface area (Å²) in [4.78, 5) is 0. The van der Waals surface area contributed by atoms with Crippen LogP contribution >= 0.6 is 0 Å². The fourth-order valence-electron chi connectivity index (χ4n) is 3.65. The Balaban J connectivity index is 1.71. The summed E-state index contributed by atoms with van der Waals surface area (Å²) in [5.74, 6) is 6.21. The van der Waals surface area contributed by atoms with Gasteiger partial charge in [-0.15, -0.1) is 0 Å². The van der Waals surface area contributed by atoms with Crippen LogP contribution < -0.4 is 0 Å². The van der Waals surface area contributed by atoms with Crippen LogP contribution in [0.15, 0.2) is 60.7 Å². The van der Waals surface area contributed by atoms with Gasteiger partial charge in [0, 0.05) is 0 Å². The minimum absolute atomic E-state index is 1.19. The summed E-state index contributed by atoms with van der Waals surface area (Å²) in [5, 5.41) is 0. The van der Waals surface area contributed by atoms with E-state index in [0.29, 0.717) is 0 Å². The van der Waals surface area contributed by atoms with Crippen LogP contribution in [0.1, 0.15) is 93.9 Å². The molecule has 0 aromatic heterocycles. The Bertz CT molecular complexity index is 822. The Kier molecular flexibility index (Phi) is 12.9. The first kappa shape index (κ1) is 24.7. The SMILES string of the molecule is CCCCCCCc1ccc(/C=C/C#C/C=C/c2ccc(CCCCCC)cc2)cc1. The van der Waals surface area contributed by atoms with Gasteiger partial charge in [-0.05, 0) is 72.2 Å². The van der Waals surface area contributed by atoms with Gasteiger partial charge in [-0.25, -0.2) is 0 Å². The summed E-state index contributed by atoms with van der Waals surface area (Å²) in [6.07, 6.45) is 22.4. The predicted octanol–water partition coefficient (Wildman–Crippen LogP) is 9.05. The van der Waals surface area contributed by atoms with Gasteiger partial charge in [0.15, 0.2) is 0 Å². The molecular weight excluding hydrogens is 372 g/mol. The lowest BCUT2D eigenvalue weighted by molar-refractivity contribution is 0.632. The molecule has 31 heavy (non-hydrogen) atoms. The number of unbranched alkanes of at least 4 members (excludes halogenated alkanes) is 7. The molecule has 0 aliphatic rings. The van der Waals surface area contributed by atoms with Crippen LogP contribution in [0, 0.1) is 11.8 Å².